The molecule has 1 saturated heterocycles. The largest absolute Gasteiger partial charge is 0.335 e. The van der Waals surface area contributed by atoms with Crippen molar-refractivity contribution in [2.24, 2.45) is 17.8 Å². The van der Waals surface area contributed by atoms with E-state index in [4.69, 9.17) is 0 Å². The van der Waals surface area contributed by atoms with Crippen molar-refractivity contribution in [2.75, 3.05) is 11.5 Å². The van der Waals surface area contributed by atoms with Crippen molar-refractivity contribution in [3.8, 4) is 0 Å². The van der Waals surface area contributed by atoms with Gasteiger partial charge in [-0.2, -0.15) is 0 Å². The van der Waals surface area contributed by atoms with E-state index in [-0.39, 0.29) is 23.5 Å². The Morgan fingerprint density at radius 1 is 0.950 bits per heavy atom. The number of carbonyl (C=O) groups excluding carboxylic acids is 1. The Labute approximate surface area is 120 Å². The van der Waals surface area contributed by atoms with Crippen molar-refractivity contribution in [1.29, 1.82) is 0 Å². The van der Waals surface area contributed by atoms with Gasteiger partial charge in [0.15, 0.2) is 9.84 Å². The average molecular weight is 297 g/mol. The Morgan fingerprint density at radius 2 is 1.75 bits per heavy atom. The summed E-state index contributed by atoms with van der Waals surface area (Å²) in [5.74, 6) is 2.33. The molecule has 20 heavy (non-hydrogen) atoms. The first-order valence-corrected chi connectivity index (χ1v) is 9.88. The van der Waals surface area contributed by atoms with E-state index in [0.29, 0.717) is 24.3 Å². The van der Waals surface area contributed by atoms with E-state index in [1.165, 1.54) is 19.3 Å². The van der Waals surface area contributed by atoms with Gasteiger partial charge < -0.3 is 4.90 Å². The first-order valence-electron chi connectivity index (χ1n) is 8.06. The van der Waals surface area contributed by atoms with E-state index >= 15 is 0 Å². The van der Waals surface area contributed by atoms with E-state index in [1.54, 1.807) is 0 Å². The van der Waals surface area contributed by atoms with E-state index in [1.807, 2.05) is 4.90 Å². The van der Waals surface area contributed by atoms with Crippen molar-refractivity contribution in [2.45, 2.75) is 57.0 Å². The lowest BCUT2D eigenvalue weighted by atomic mass is 9.87. The molecule has 4 unspecified atom stereocenters. The van der Waals surface area contributed by atoms with Gasteiger partial charge in [-0.3, -0.25) is 4.79 Å². The lowest BCUT2D eigenvalue weighted by molar-refractivity contribution is -0.139. The Morgan fingerprint density at radius 3 is 2.25 bits per heavy atom. The zero-order valence-corrected chi connectivity index (χ0v) is 12.6. The van der Waals surface area contributed by atoms with Crippen molar-refractivity contribution < 1.29 is 13.2 Å². The third kappa shape index (κ3) is 2.18. The molecule has 4 atom stereocenters. The number of hydrogen-bond acceptors (Lipinski definition) is 3. The third-order valence-electron chi connectivity index (χ3n) is 5.85. The van der Waals surface area contributed by atoms with Crippen molar-refractivity contribution >= 4 is 15.7 Å². The highest BCUT2D eigenvalue weighted by Gasteiger charge is 2.49. The lowest BCUT2D eigenvalue weighted by Gasteiger charge is -2.33. The van der Waals surface area contributed by atoms with Crippen LogP contribution in [0.25, 0.3) is 0 Å². The molecule has 3 saturated carbocycles. The van der Waals surface area contributed by atoms with Crippen LogP contribution in [0.15, 0.2) is 0 Å². The molecule has 1 heterocycles. The number of fused-ring (bicyclic) bond motifs is 2. The van der Waals surface area contributed by atoms with E-state index in [0.717, 1.165) is 25.2 Å². The maximum absolute atomic E-state index is 12.9. The first kappa shape index (κ1) is 13.1. The minimum absolute atomic E-state index is 0.0286. The maximum atomic E-state index is 12.9. The first-order chi connectivity index (χ1) is 9.53. The average Bonchev–Trinajstić information content (AvgIpc) is 2.84. The van der Waals surface area contributed by atoms with E-state index < -0.39 is 9.84 Å². The van der Waals surface area contributed by atoms with Crippen LogP contribution in [-0.4, -0.2) is 42.8 Å². The van der Waals surface area contributed by atoms with Crippen molar-refractivity contribution in [1.82, 2.24) is 4.90 Å². The number of nitrogens with zero attached hydrogens (tertiary/aromatic N) is 1. The fraction of sp³-hybridized carbons (Fsp3) is 0.933. The molecule has 0 N–H and O–H groups in total. The summed E-state index contributed by atoms with van der Waals surface area (Å²) in [6.45, 7) is 0. The van der Waals surface area contributed by atoms with E-state index in [2.05, 4.69) is 0 Å². The summed E-state index contributed by atoms with van der Waals surface area (Å²) in [4.78, 5) is 15.0. The second kappa shape index (κ2) is 4.46. The van der Waals surface area contributed by atoms with Gasteiger partial charge in [0.25, 0.3) is 0 Å². The summed E-state index contributed by atoms with van der Waals surface area (Å²) in [5.41, 5.74) is 0. The molecule has 4 fully saturated rings. The summed E-state index contributed by atoms with van der Waals surface area (Å²) in [5, 5.41) is 0. The molecule has 0 aromatic heterocycles. The summed E-state index contributed by atoms with van der Waals surface area (Å²) in [6.07, 6.45) is 7.61. The molecule has 0 aromatic carbocycles. The number of amides is 1. The highest BCUT2D eigenvalue weighted by atomic mass is 32.2. The molecule has 1 aliphatic heterocycles. The highest BCUT2D eigenvalue weighted by molar-refractivity contribution is 7.91. The van der Waals surface area contributed by atoms with Crippen LogP contribution in [0.1, 0.15) is 44.9 Å². The predicted octanol–water partition coefficient (Wildman–Crippen LogP) is 1.60. The minimum atomic E-state index is -2.91. The lowest BCUT2D eigenvalue weighted by Crippen LogP contribution is -2.46. The summed E-state index contributed by atoms with van der Waals surface area (Å²) < 4.78 is 23.4. The standard InChI is InChI=1S/C15H23NO3S/c17-15(14-8-10-1-2-11(14)7-10)16(12-3-4-12)13-5-6-20(18,19)9-13/h10-14H,1-9H2. The topological polar surface area (TPSA) is 54.5 Å². The summed E-state index contributed by atoms with van der Waals surface area (Å²) in [6, 6.07) is 0.319. The normalized spacial score (nSPS) is 42.0. The van der Waals surface area contributed by atoms with Crippen LogP contribution in [-0.2, 0) is 14.6 Å². The highest BCUT2D eigenvalue weighted by Crippen LogP contribution is 2.50. The second-order valence-corrected chi connectivity index (χ2v) is 9.54. The number of hydrogen-bond donors (Lipinski definition) is 0. The molecule has 3 aliphatic carbocycles. The summed E-state index contributed by atoms with van der Waals surface area (Å²) >= 11 is 0. The Kier molecular flexibility index (Phi) is 2.92. The molecule has 112 valence electrons. The van der Waals surface area contributed by atoms with Gasteiger partial charge in [0.2, 0.25) is 5.91 Å². The van der Waals surface area contributed by atoms with Gasteiger partial charge in [-0.25, -0.2) is 8.42 Å². The molecule has 4 rings (SSSR count). The van der Waals surface area contributed by atoms with E-state index in [9.17, 15) is 13.2 Å². The molecule has 0 aromatic rings. The van der Waals surface area contributed by atoms with Gasteiger partial charge in [0.05, 0.1) is 11.5 Å². The van der Waals surface area contributed by atoms with Gasteiger partial charge in [-0.1, -0.05) is 6.42 Å². The molecule has 5 heteroatoms. The van der Waals surface area contributed by atoms with Gasteiger partial charge in [-0.05, 0) is 50.4 Å². The van der Waals surface area contributed by atoms with Crippen LogP contribution in [0.2, 0.25) is 0 Å². The Bertz CT molecular complexity index is 525. The van der Waals surface area contributed by atoms with Crippen LogP contribution in [0, 0.1) is 17.8 Å². The van der Waals surface area contributed by atoms with Crippen molar-refractivity contribution in [3.05, 3.63) is 0 Å². The number of rotatable bonds is 3. The molecule has 4 nitrogen and oxygen atoms in total. The van der Waals surface area contributed by atoms with Crippen molar-refractivity contribution in [3.63, 3.8) is 0 Å². The predicted molar refractivity (Wildman–Crippen MR) is 75.9 cm³/mol. The Hall–Kier alpha value is -0.580. The third-order valence-corrected chi connectivity index (χ3v) is 7.60. The van der Waals surface area contributed by atoms with Gasteiger partial charge in [0, 0.05) is 18.0 Å². The van der Waals surface area contributed by atoms with Crippen LogP contribution < -0.4 is 0 Å². The maximum Gasteiger partial charge on any atom is 0.226 e. The summed E-state index contributed by atoms with van der Waals surface area (Å²) in [7, 11) is -2.91. The molecular formula is C15H23NO3S. The van der Waals surface area contributed by atoms with Crippen LogP contribution in [0.3, 0.4) is 0 Å². The fourth-order valence-electron chi connectivity index (χ4n) is 4.74. The molecule has 4 aliphatic rings. The molecule has 1 amide bonds. The monoisotopic (exact) mass is 297 g/mol. The quantitative estimate of drug-likeness (QED) is 0.795. The zero-order chi connectivity index (χ0) is 13.9. The molecular weight excluding hydrogens is 274 g/mol. The molecule has 2 bridgehead atoms. The van der Waals surface area contributed by atoms with Crippen LogP contribution in [0.5, 0.6) is 0 Å². The Balaban J connectivity index is 1.53. The number of carbonyl (C=O) groups is 1. The van der Waals surface area contributed by atoms with Crippen LogP contribution >= 0.6 is 0 Å². The fourth-order valence-corrected chi connectivity index (χ4v) is 6.46. The second-order valence-electron chi connectivity index (χ2n) is 7.31. The zero-order valence-electron chi connectivity index (χ0n) is 11.8. The smallest absolute Gasteiger partial charge is 0.226 e. The molecule has 0 radical (unpaired) electrons. The minimum Gasteiger partial charge on any atom is -0.335 e. The molecule has 0 spiro atoms. The van der Waals surface area contributed by atoms with Gasteiger partial charge in [-0.15, -0.1) is 0 Å². The van der Waals surface area contributed by atoms with Gasteiger partial charge >= 0.3 is 0 Å². The number of sulfone groups is 1. The van der Waals surface area contributed by atoms with Gasteiger partial charge in [0.1, 0.15) is 0 Å². The SMILES string of the molecule is O=C(C1CC2CCC1C2)N(C1CC1)C1CCS(=O)(=O)C1. The van der Waals surface area contributed by atoms with Crippen LogP contribution in [0.4, 0.5) is 0 Å².